The van der Waals surface area contributed by atoms with E-state index >= 15 is 0 Å². The number of hydrogen-bond donors (Lipinski definition) is 1. The number of amides is 1. The first kappa shape index (κ1) is 15.7. The molecule has 2 rings (SSSR count). The van der Waals surface area contributed by atoms with Crippen LogP contribution in [-0.2, 0) is 0 Å². The lowest BCUT2D eigenvalue weighted by molar-refractivity contribution is 0.0743. The van der Waals surface area contributed by atoms with Crippen molar-refractivity contribution in [3.63, 3.8) is 0 Å². The van der Waals surface area contributed by atoms with Crippen molar-refractivity contribution in [1.29, 1.82) is 0 Å². The van der Waals surface area contributed by atoms with Gasteiger partial charge in [0.2, 0.25) is 0 Å². The lowest BCUT2D eigenvalue weighted by Crippen LogP contribution is -2.30. The number of rotatable bonds is 3. The first-order chi connectivity index (χ1) is 9.91. The van der Waals surface area contributed by atoms with E-state index in [4.69, 9.17) is 28.9 Å². The molecule has 1 atom stereocenters. The fourth-order valence-electron chi connectivity index (χ4n) is 2.08. The molecule has 3 nitrogen and oxygen atoms in total. The van der Waals surface area contributed by atoms with E-state index in [9.17, 15) is 4.79 Å². The van der Waals surface area contributed by atoms with E-state index in [1.807, 2.05) is 31.2 Å². The molecule has 2 aromatic rings. The van der Waals surface area contributed by atoms with Gasteiger partial charge < -0.3 is 10.6 Å². The van der Waals surface area contributed by atoms with Gasteiger partial charge in [0.05, 0.1) is 21.7 Å². The van der Waals surface area contributed by atoms with Gasteiger partial charge in [-0.05, 0) is 36.8 Å². The zero-order valence-electron chi connectivity index (χ0n) is 11.8. The molecule has 0 aliphatic heterocycles. The lowest BCUT2D eigenvalue weighted by Gasteiger charge is -2.26. The minimum absolute atomic E-state index is 0.129. The average molecular weight is 323 g/mol. The highest BCUT2D eigenvalue weighted by atomic mass is 35.5. The second-order valence-corrected chi connectivity index (χ2v) is 5.65. The molecule has 2 N–H and O–H groups in total. The molecule has 0 aliphatic carbocycles. The summed E-state index contributed by atoms with van der Waals surface area (Å²) in [5, 5.41) is 0.642. The Balaban J connectivity index is 2.29. The maximum Gasteiger partial charge on any atom is 0.255 e. The van der Waals surface area contributed by atoms with Crippen LogP contribution in [0.5, 0.6) is 0 Å². The van der Waals surface area contributed by atoms with E-state index in [0.29, 0.717) is 16.3 Å². The Labute approximate surface area is 134 Å². The summed E-state index contributed by atoms with van der Waals surface area (Å²) in [7, 11) is 1.73. The Hall–Kier alpha value is -1.71. The van der Waals surface area contributed by atoms with Crippen molar-refractivity contribution in [3.05, 3.63) is 63.6 Å². The quantitative estimate of drug-likeness (QED) is 0.851. The minimum Gasteiger partial charge on any atom is -0.399 e. The third-order valence-corrected chi connectivity index (χ3v) is 4.30. The molecule has 0 spiro atoms. The fraction of sp³-hybridized carbons (Fsp3) is 0.188. The third kappa shape index (κ3) is 3.31. The van der Waals surface area contributed by atoms with Crippen LogP contribution in [0.1, 0.15) is 28.9 Å². The van der Waals surface area contributed by atoms with Crippen molar-refractivity contribution in [2.45, 2.75) is 13.0 Å². The molecular formula is C16H16Cl2N2O. The van der Waals surface area contributed by atoms with Gasteiger partial charge in [0.25, 0.3) is 5.91 Å². The monoisotopic (exact) mass is 322 g/mol. The topological polar surface area (TPSA) is 46.3 Å². The van der Waals surface area contributed by atoms with Crippen molar-refractivity contribution >= 4 is 34.8 Å². The molecular weight excluding hydrogens is 307 g/mol. The molecule has 1 unspecified atom stereocenters. The molecule has 2 aromatic carbocycles. The number of nitrogens with two attached hydrogens (primary N) is 1. The number of benzene rings is 2. The number of halogens is 2. The zero-order valence-corrected chi connectivity index (χ0v) is 13.3. The first-order valence-corrected chi connectivity index (χ1v) is 7.24. The smallest absolute Gasteiger partial charge is 0.255 e. The van der Waals surface area contributed by atoms with E-state index in [-0.39, 0.29) is 17.0 Å². The van der Waals surface area contributed by atoms with Crippen LogP contribution in [0.25, 0.3) is 0 Å². The highest BCUT2D eigenvalue weighted by molar-refractivity contribution is 6.43. The number of anilines is 1. The predicted octanol–water partition coefficient (Wildman–Crippen LogP) is 4.41. The SMILES string of the molecule is CC(c1cccc(N)c1)N(C)C(=O)c1cccc(Cl)c1Cl. The van der Waals surface area contributed by atoms with Crippen molar-refractivity contribution < 1.29 is 4.79 Å². The molecule has 21 heavy (non-hydrogen) atoms. The van der Waals surface area contributed by atoms with Crippen LogP contribution in [0.4, 0.5) is 5.69 Å². The minimum atomic E-state index is -0.183. The van der Waals surface area contributed by atoms with Crippen LogP contribution in [-0.4, -0.2) is 17.9 Å². The number of hydrogen-bond acceptors (Lipinski definition) is 2. The molecule has 0 bridgehead atoms. The molecule has 5 heteroatoms. The molecule has 0 radical (unpaired) electrons. The van der Waals surface area contributed by atoms with Crippen molar-refractivity contribution in [2.75, 3.05) is 12.8 Å². The Morgan fingerprint density at radius 1 is 1.19 bits per heavy atom. The van der Waals surface area contributed by atoms with Gasteiger partial charge in [-0.2, -0.15) is 0 Å². The van der Waals surface area contributed by atoms with Gasteiger partial charge >= 0.3 is 0 Å². The first-order valence-electron chi connectivity index (χ1n) is 6.48. The fourth-order valence-corrected chi connectivity index (χ4v) is 2.46. The van der Waals surface area contributed by atoms with E-state index in [2.05, 4.69) is 0 Å². The molecule has 0 heterocycles. The van der Waals surface area contributed by atoms with Gasteiger partial charge in [-0.15, -0.1) is 0 Å². The Morgan fingerprint density at radius 2 is 1.86 bits per heavy atom. The maximum atomic E-state index is 12.6. The number of carbonyl (C=O) groups excluding carboxylic acids is 1. The van der Waals surface area contributed by atoms with Crippen LogP contribution in [0.15, 0.2) is 42.5 Å². The van der Waals surface area contributed by atoms with Gasteiger partial charge in [0.1, 0.15) is 0 Å². The second kappa shape index (κ2) is 6.37. The highest BCUT2D eigenvalue weighted by Crippen LogP contribution is 2.29. The van der Waals surface area contributed by atoms with Crippen molar-refractivity contribution in [1.82, 2.24) is 4.90 Å². The summed E-state index contributed by atoms with van der Waals surface area (Å²) in [6.07, 6.45) is 0. The Kier molecular flexibility index (Phi) is 4.76. The van der Waals surface area contributed by atoms with Crippen LogP contribution in [0, 0.1) is 0 Å². The summed E-state index contributed by atoms with van der Waals surface area (Å²) in [6.45, 7) is 1.94. The maximum absolute atomic E-state index is 12.6. The highest BCUT2D eigenvalue weighted by Gasteiger charge is 2.21. The zero-order chi connectivity index (χ0) is 15.6. The van der Waals surface area contributed by atoms with E-state index < -0.39 is 0 Å². The molecule has 0 aliphatic rings. The third-order valence-electron chi connectivity index (χ3n) is 3.48. The van der Waals surface area contributed by atoms with E-state index in [1.54, 1.807) is 30.1 Å². The van der Waals surface area contributed by atoms with Gasteiger partial charge in [-0.25, -0.2) is 0 Å². The van der Waals surface area contributed by atoms with Crippen LogP contribution in [0.2, 0.25) is 10.0 Å². The van der Waals surface area contributed by atoms with Gasteiger partial charge in [-0.1, -0.05) is 41.4 Å². The normalized spacial score (nSPS) is 12.0. The van der Waals surface area contributed by atoms with Gasteiger partial charge in [0, 0.05) is 12.7 Å². The molecule has 110 valence electrons. The summed E-state index contributed by atoms with van der Waals surface area (Å²) in [6, 6.07) is 12.4. The molecule has 1 amide bonds. The lowest BCUT2D eigenvalue weighted by atomic mass is 10.1. The molecule has 0 fully saturated rings. The summed E-state index contributed by atoms with van der Waals surface area (Å²) in [5.74, 6) is -0.183. The average Bonchev–Trinajstić information content (AvgIpc) is 2.48. The molecule has 0 saturated heterocycles. The van der Waals surface area contributed by atoms with Crippen molar-refractivity contribution in [3.8, 4) is 0 Å². The second-order valence-electron chi connectivity index (χ2n) is 4.86. The van der Waals surface area contributed by atoms with E-state index in [1.165, 1.54) is 0 Å². The summed E-state index contributed by atoms with van der Waals surface area (Å²) < 4.78 is 0. The van der Waals surface area contributed by atoms with Gasteiger partial charge in [0.15, 0.2) is 0 Å². The number of carbonyl (C=O) groups is 1. The standard InChI is InChI=1S/C16H16Cl2N2O/c1-10(11-5-3-6-12(19)9-11)20(2)16(21)13-7-4-8-14(17)15(13)18/h3-10H,19H2,1-2H3. The molecule has 0 aromatic heterocycles. The predicted molar refractivity (Wildman–Crippen MR) is 87.8 cm³/mol. The van der Waals surface area contributed by atoms with Crippen LogP contribution < -0.4 is 5.73 Å². The van der Waals surface area contributed by atoms with Crippen LogP contribution in [0.3, 0.4) is 0 Å². The molecule has 0 saturated carbocycles. The summed E-state index contributed by atoms with van der Waals surface area (Å²) >= 11 is 12.1. The largest absolute Gasteiger partial charge is 0.399 e. The number of nitrogen functional groups attached to an aromatic ring is 1. The summed E-state index contributed by atoms with van der Waals surface area (Å²) in [5.41, 5.74) is 7.81. The summed E-state index contributed by atoms with van der Waals surface area (Å²) in [4.78, 5) is 14.2. The number of nitrogens with zero attached hydrogens (tertiary/aromatic N) is 1. The Bertz CT molecular complexity index is 673. The van der Waals surface area contributed by atoms with Crippen LogP contribution >= 0.6 is 23.2 Å². The Morgan fingerprint density at radius 3 is 2.52 bits per heavy atom. The van der Waals surface area contributed by atoms with Gasteiger partial charge in [-0.3, -0.25) is 4.79 Å². The van der Waals surface area contributed by atoms with E-state index in [0.717, 1.165) is 5.56 Å². The van der Waals surface area contributed by atoms with Crippen molar-refractivity contribution in [2.24, 2.45) is 0 Å².